The normalized spacial score (nSPS) is 21.9. The van der Waals surface area contributed by atoms with Crippen molar-refractivity contribution in [2.75, 3.05) is 33.4 Å². The summed E-state index contributed by atoms with van der Waals surface area (Å²) in [6.07, 6.45) is -8.66. The molecule has 0 radical (unpaired) electrons. The predicted octanol–water partition coefficient (Wildman–Crippen LogP) is 0.843. The molecule has 3 rings (SSSR count). The van der Waals surface area contributed by atoms with Gasteiger partial charge in [-0.05, 0) is 31.4 Å². The van der Waals surface area contributed by atoms with Crippen molar-refractivity contribution in [1.82, 2.24) is 9.21 Å². The van der Waals surface area contributed by atoms with Crippen molar-refractivity contribution in [3.8, 4) is 0 Å². The molecule has 198 valence electrons. The summed E-state index contributed by atoms with van der Waals surface area (Å²) in [7, 11) is -8.01. The van der Waals surface area contributed by atoms with Crippen LogP contribution in [0.25, 0.3) is 0 Å². The molecule has 2 atom stereocenters. The van der Waals surface area contributed by atoms with Crippen LogP contribution in [-0.2, 0) is 28.6 Å². The number of rotatable bonds is 7. The van der Waals surface area contributed by atoms with Gasteiger partial charge in [0.2, 0.25) is 16.1 Å². The van der Waals surface area contributed by atoms with Crippen molar-refractivity contribution < 1.29 is 54.7 Å². The third-order valence-electron chi connectivity index (χ3n) is 6.05. The number of hydrogen-bond donors (Lipinski definition) is 0. The first-order chi connectivity index (χ1) is 16.1. The van der Waals surface area contributed by atoms with Crippen LogP contribution in [-0.4, -0.2) is 81.0 Å². The van der Waals surface area contributed by atoms with Crippen molar-refractivity contribution in [2.24, 2.45) is 0 Å². The van der Waals surface area contributed by atoms with Gasteiger partial charge in [0, 0.05) is 20.1 Å². The number of amides is 1. The molecule has 0 aliphatic carbocycles. The summed E-state index contributed by atoms with van der Waals surface area (Å²) in [5.41, 5.74) is -0.758. The Morgan fingerprint density at radius 1 is 1.29 bits per heavy atom. The van der Waals surface area contributed by atoms with Gasteiger partial charge in [0.05, 0.1) is 37.6 Å². The van der Waals surface area contributed by atoms with Crippen molar-refractivity contribution >= 4 is 23.9 Å². The Bertz CT molecular complexity index is 1040. The number of likely N-dealkylation sites (N-methyl/N-ethyl adjacent to an activating group) is 1. The molecular formula is C19H24F3N2O9PS-2. The Hall–Kier alpha value is -1.74. The van der Waals surface area contributed by atoms with Gasteiger partial charge in [-0.2, -0.15) is 17.5 Å². The number of piperidine rings is 1. The van der Waals surface area contributed by atoms with E-state index in [1.807, 2.05) is 0 Å². The van der Waals surface area contributed by atoms with E-state index in [0.717, 1.165) is 4.90 Å². The number of alkyl halides is 3. The maximum atomic E-state index is 13.1. The standard InChI is InChI=1S/C19H26F3N2O9PS/c1-23(35(29,30)15-5-3-2-4-6-15)14-11-18(31-12-14)7-9-24(10-8-18)17(25)33-16(19(20,21)22)13-32-34(26,27)28/h2-6,14,16H,7-13H2,1H3,(H2,26,27,28)/p-2. The predicted molar refractivity (Wildman–Crippen MR) is 109 cm³/mol. The van der Waals surface area contributed by atoms with Crippen LogP contribution >= 0.6 is 7.82 Å². The molecule has 2 unspecified atom stereocenters. The molecule has 16 heteroatoms. The first-order valence-corrected chi connectivity index (χ1v) is 13.4. The third kappa shape index (κ3) is 6.94. The number of ether oxygens (including phenoxy) is 2. The minimum absolute atomic E-state index is 0.0340. The van der Waals surface area contributed by atoms with E-state index in [0.29, 0.717) is 6.42 Å². The summed E-state index contributed by atoms with van der Waals surface area (Å²) in [5.74, 6) is 0. The number of hydrogen-bond acceptors (Lipinski definition) is 9. The van der Waals surface area contributed by atoms with E-state index < -0.39 is 54.5 Å². The lowest BCUT2D eigenvalue weighted by molar-refractivity contribution is -0.344. The summed E-state index contributed by atoms with van der Waals surface area (Å²) in [4.78, 5) is 34.3. The number of carbonyl (C=O) groups excluding carboxylic acids is 1. The molecule has 2 saturated heterocycles. The molecule has 0 aromatic heterocycles. The van der Waals surface area contributed by atoms with Crippen molar-refractivity contribution in [3.05, 3.63) is 30.3 Å². The second-order valence-corrected chi connectivity index (χ2v) is 11.5. The molecule has 2 fully saturated rings. The van der Waals surface area contributed by atoms with Crippen LogP contribution in [0.2, 0.25) is 0 Å². The van der Waals surface area contributed by atoms with Crippen LogP contribution in [0.5, 0.6) is 0 Å². The fourth-order valence-electron chi connectivity index (χ4n) is 4.00. The average molecular weight is 544 g/mol. The summed E-state index contributed by atoms with van der Waals surface area (Å²) in [5, 5.41) is 0. The van der Waals surface area contributed by atoms with Crippen LogP contribution in [0.1, 0.15) is 19.3 Å². The van der Waals surface area contributed by atoms with Gasteiger partial charge in [-0.25, -0.2) is 13.2 Å². The summed E-state index contributed by atoms with van der Waals surface area (Å²) < 4.78 is 90.5. The maximum absolute atomic E-state index is 13.1. The molecule has 35 heavy (non-hydrogen) atoms. The molecule has 2 aliphatic rings. The van der Waals surface area contributed by atoms with Crippen LogP contribution in [0.15, 0.2) is 35.2 Å². The molecule has 0 N–H and O–H groups in total. The van der Waals surface area contributed by atoms with Crippen LogP contribution < -0.4 is 9.79 Å². The highest BCUT2D eigenvalue weighted by atomic mass is 32.2. The smallest absolute Gasteiger partial charge is 0.427 e. The number of carbonyl (C=O) groups is 1. The van der Waals surface area contributed by atoms with Gasteiger partial charge < -0.3 is 33.2 Å². The molecule has 1 aromatic carbocycles. The monoisotopic (exact) mass is 544 g/mol. The maximum Gasteiger partial charge on any atom is 0.427 e. The molecule has 1 aromatic rings. The molecule has 1 spiro atoms. The number of phosphoric ester groups is 1. The van der Waals surface area contributed by atoms with Crippen LogP contribution in [0.3, 0.4) is 0 Å². The minimum atomic E-state index is -5.70. The van der Waals surface area contributed by atoms with Gasteiger partial charge >= 0.3 is 12.3 Å². The summed E-state index contributed by atoms with van der Waals surface area (Å²) in [6.45, 7) is -1.63. The Morgan fingerprint density at radius 3 is 2.43 bits per heavy atom. The molecule has 0 bridgehead atoms. The zero-order valence-corrected chi connectivity index (χ0v) is 20.3. The van der Waals surface area contributed by atoms with Gasteiger partial charge in [0.25, 0.3) is 0 Å². The van der Waals surface area contributed by atoms with E-state index in [4.69, 9.17) is 4.74 Å². The van der Waals surface area contributed by atoms with Crippen molar-refractivity contribution in [2.45, 2.75) is 48.1 Å². The van der Waals surface area contributed by atoms with Gasteiger partial charge in [-0.3, -0.25) is 0 Å². The highest BCUT2D eigenvalue weighted by Gasteiger charge is 2.48. The van der Waals surface area contributed by atoms with Crippen LogP contribution in [0, 0.1) is 0 Å². The largest absolute Gasteiger partial charge is 0.790 e. The van der Waals surface area contributed by atoms with Crippen molar-refractivity contribution in [1.29, 1.82) is 0 Å². The van der Waals surface area contributed by atoms with Gasteiger partial charge in [-0.1, -0.05) is 18.2 Å². The first kappa shape index (κ1) is 27.8. The lowest BCUT2D eigenvalue weighted by Crippen LogP contribution is -2.49. The van der Waals surface area contributed by atoms with Gasteiger partial charge in [-0.15, -0.1) is 0 Å². The van der Waals surface area contributed by atoms with E-state index in [-0.39, 0.29) is 37.4 Å². The number of benzene rings is 1. The van der Waals surface area contributed by atoms with E-state index in [2.05, 4.69) is 9.26 Å². The minimum Gasteiger partial charge on any atom is -0.790 e. The van der Waals surface area contributed by atoms with E-state index >= 15 is 0 Å². The zero-order chi connectivity index (χ0) is 26.1. The summed E-state index contributed by atoms with van der Waals surface area (Å²) >= 11 is 0. The number of nitrogens with zero attached hydrogens (tertiary/aromatic N) is 2. The molecule has 2 heterocycles. The number of sulfonamides is 1. The summed E-state index contributed by atoms with van der Waals surface area (Å²) in [6, 6.07) is 7.40. The fourth-order valence-corrected chi connectivity index (χ4v) is 5.68. The fraction of sp³-hybridized carbons (Fsp3) is 0.632. The zero-order valence-electron chi connectivity index (χ0n) is 18.5. The Labute approximate surface area is 200 Å². The number of halogens is 3. The second-order valence-electron chi connectivity index (χ2n) is 8.33. The van der Waals surface area contributed by atoms with Gasteiger partial charge in [0.15, 0.2) is 0 Å². The lowest BCUT2D eigenvalue weighted by Gasteiger charge is -2.39. The third-order valence-corrected chi connectivity index (χ3v) is 8.44. The lowest BCUT2D eigenvalue weighted by atomic mass is 9.87. The molecule has 11 nitrogen and oxygen atoms in total. The van der Waals surface area contributed by atoms with Crippen molar-refractivity contribution in [3.63, 3.8) is 0 Å². The highest BCUT2D eigenvalue weighted by molar-refractivity contribution is 7.89. The first-order valence-electron chi connectivity index (χ1n) is 10.5. The van der Waals surface area contributed by atoms with E-state index in [9.17, 15) is 40.7 Å². The number of likely N-dealkylation sites (tertiary alicyclic amines) is 1. The Kier molecular flexibility index (Phi) is 8.21. The number of phosphoric acid groups is 1. The molecular weight excluding hydrogens is 520 g/mol. The van der Waals surface area contributed by atoms with Crippen LogP contribution in [0.4, 0.5) is 18.0 Å². The van der Waals surface area contributed by atoms with E-state index in [1.54, 1.807) is 18.2 Å². The average Bonchev–Trinajstić information content (AvgIpc) is 3.18. The molecule has 0 saturated carbocycles. The molecule has 1 amide bonds. The SMILES string of the molecule is CN(C1COC2(CCN(C(=O)OC(COP(=O)([O-])[O-])C(F)(F)F)CC2)C1)S(=O)(=O)c1ccccc1. The van der Waals surface area contributed by atoms with Gasteiger partial charge in [0.1, 0.15) is 0 Å². The highest BCUT2D eigenvalue weighted by Crippen LogP contribution is 2.39. The Morgan fingerprint density at radius 2 is 1.89 bits per heavy atom. The molecule has 2 aliphatic heterocycles. The van der Waals surface area contributed by atoms with E-state index in [1.165, 1.54) is 23.5 Å². The Balaban J connectivity index is 1.57. The quantitative estimate of drug-likeness (QED) is 0.456. The second kappa shape index (κ2) is 10.3. The topological polar surface area (TPSA) is 149 Å².